The molecule has 0 bridgehead atoms. The van der Waals surface area contributed by atoms with E-state index in [-0.39, 0.29) is 5.56 Å². The van der Waals surface area contributed by atoms with Gasteiger partial charge < -0.3 is 4.98 Å². The van der Waals surface area contributed by atoms with Gasteiger partial charge in [-0.3, -0.25) is 9.69 Å². The molecule has 2 aromatic carbocycles. The van der Waals surface area contributed by atoms with Crippen molar-refractivity contribution in [1.29, 1.82) is 0 Å². The summed E-state index contributed by atoms with van der Waals surface area (Å²) in [4.78, 5) is 22.6. The quantitative estimate of drug-likeness (QED) is 0.505. The second kappa shape index (κ2) is 8.59. The zero-order valence-electron chi connectivity index (χ0n) is 15.7. The van der Waals surface area contributed by atoms with E-state index in [1.165, 1.54) is 11.1 Å². The van der Waals surface area contributed by atoms with Gasteiger partial charge in [0.2, 0.25) is 0 Å². The van der Waals surface area contributed by atoms with E-state index in [2.05, 4.69) is 52.9 Å². The van der Waals surface area contributed by atoms with Gasteiger partial charge in [-0.25, -0.2) is 4.98 Å². The standard InChI is InChI=1S/C23H23N3OS/c1-2-17-8-10-19(11-9-17)16-28-23-24-21-12-13-26(15-20(21)22(27)25-23)14-18-6-4-3-5-7-18/h2-11H,1,12-16H2,(H,24,25,27). The number of hydrogen-bond donors (Lipinski definition) is 1. The summed E-state index contributed by atoms with van der Waals surface area (Å²) in [7, 11) is 0. The van der Waals surface area contributed by atoms with Gasteiger partial charge in [0, 0.05) is 31.8 Å². The lowest BCUT2D eigenvalue weighted by atomic mass is 10.1. The molecule has 4 rings (SSSR count). The molecule has 28 heavy (non-hydrogen) atoms. The van der Waals surface area contributed by atoms with Gasteiger partial charge in [0.1, 0.15) is 0 Å². The first-order valence-corrected chi connectivity index (χ1v) is 10.4. The molecule has 0 aliphatic carbocycles. The number of aromatic nitrogens is 2. The van der Waals surface area contributed by atoms with Crippen molar-refractivity contribution < 1.29 is 0 Å². The normalized spacial score (nSPS) is 13.9. The van der Waals surface area contributed by atoms with Crippen LogP contribution in [-0.2, 0) is 25.3 Å². The molecule has 0 radical (unpaired) electrons. The molecule has 1 aliphatic rings. The van der Waals surface area contributed by atoms with E-state index in [4.69, 9.17) is 4.98 Å². The van der Waals surface area contributed by atoms with Crippen molar-refractivity contribution in [3.8, 4) is 0 Å². The summed E-state index contributed by atoms with van der Waals surface area (Å²) in [6.07, 6.45) is 2.65. The molecule has 1 N–H and O–H groups in total. The Hall–Kier alpha value is -2.63. The first-order chi connectivity index (χ1) is 13.7. The van der Waals surface area contributed by atoms with Crippen LogP contribution in [0.3, 0.4) is 0 Å². The van der Waals surface area contributed by atoms with Crippen LogP contribution in [-0.4, -0.2) is 21.4 Å². The van der Waals surface area contributed by atoms with E-state index >= 15 is 0 Å². The van der Waals surface area contributed by atoms with Crippen LogP contribution < -0.4 is 5.56 Å². The van der Waals surface area contributed by atoms with E-state index in [1.807, 2.05) is 24.3 Å². The number of hydrogen-bond acceptors (Lipinski definition) is 4. The second-order valence-electron chi connectivity index (χ2n) is 6.98. The van der Waals surface area contributed by atoms with Crippen LogP contribution in [0.5, 0.6) is 0 Å². The zero-order chi connectivity index (χ0) is 19.3. The van der Waals surface area contributed by atoms with Gasteiger partial charge in [-0.15, -0.1) is 0 Å². The second-order valence-corrected chi connectivity index (χ2v) is 7.94. The van der Waals surface area contributed by atoms with Crippen molar-refractivity contribution in [3.63, 3.8) is 0 Å². The molecule has 0 amide bonds. The Balaban J connectivity index is 1.43. The lowest BCUT2D eigenvalue weighted by Crippen LogP contribution is -2.35. The van der Waals surface area contributed by atoms with Crippen LogP contribution in [0.25, 0.3) is 6.08 Å². The molecule has 0 fully saturated rings. The average Bonchev–Trinajstić information content (AvgIpc) is 2.74. The molecular weight excluding hydrogens is 366 g/mol. The maximum Gasteiger partial charge on any atom is 0.256 e. The van der Waals surface area contributed by atoms with Crippen LogP contribution in [0.2, 0.25) is 0 Å². The highest BCUT2D eigenvalue weighted by Crippen LogP contribution is 2.22. The molecule has 5 heteroatoms. The van der Waals surface area contributed by atoms with Crippen molar-refractivity contribution >= 4 is 17.8 Å². The maximum atomic E-state index is 12.6. The average molecular weight is 390 g/mol. The summed E-state index contributed by atoms with van der Waals surface area (Å²) in [5, 5.41) is 0.702. The zero-order valence-corrected chi connectivity index (χ0v) is 16.5. The number of nitrogens with zero attached hydrogens (tertiary/aromatic N) is 2. The minimum atomic E-state index is -0.00716. The minimum Gasteiger partial charge on any atom is -0.301 e. The van der Waals surface area contributed by atoms with Gasteiger partial charge in [-0.2, -0.15) is 0 Å². The fourth-order valence-electron chi connectivity index (χ4n) is 3.40. The molecular formula is C23H23N3OS. The molecule has 142 valence electrons. The predicted molar refractivity (Wildman–Crippen MR) is 115 cm³/mol. The monoisotopic (exact) mass is 389 g/mol. The van der Waals surface area contributed by atoms with Gasteiger partial charge in [0.05, 0.1) is 11.3 Å². The van der Waals surface area contributed by atoms with Crippen molar-refractivity contribution in [2.45, 2.75) is 30.4 Å². The molecule has 0 unspecified atom stereocenters. The van der Waals surface area contributed by atoms with E-state index in [0.717, 1.165) is 42.1 Å². The number of rotatable bonds is 6. The highest BCUT2D eigenvalue weighted by atomic mass is 32.2. The van der Waals surface area contributed by atoms with E-state index in [0.29, 0.717) is 11.7 Å². The SMILES string of the molecule is C=Cc1ccc(CSc2nc3c(c(=O)[nH]2)CN(Cc2ccccc2)CC3)cc1. The van der Waals surface area contributed by atoms with Gasteiger partial charge in [-0.05, 0) is 16.7 Å². The van der Waals surface area contributed by atoms with E-state index < -0.39 is 0 Å². The van der Waals surface area contributed by atoms with Crippen LogP contribution in [0.4, 0.5) is 0 Å². The van der Waals surface area contributed by atoms with Gasteiger partial charge in [0.15, 0.2) is 5.16 Å². The van der Waals surface area contributed by atoms with Crippen LogP contribution >= 0.6 is 11.8 Å². The highest BCUT2D eigenvalue weighted by Gasteiger charge is 2.21. The summed E-state index contributed by atoms with van der Waals surface area (Å²) in [5.41, 5.74) is 5.32. The topological polar surface area (TPSA) is 49.0 Å². The Morgan fingerprint density at radius 1 is 1.11 bits per heavy atom. The van der Waals surface area contributed by atoms with Crippen molar-refractivity contribution in [2.24, 2.45) is 0 Å². The summed E-state index contributed by atoms with van der Waals surface area (Å²) >= 11 is 1.57. The molecule has 1 aliphatic heterocycles. The molecule has 3 aromatic rings. The number of thioether (sulfide) groups is 1. The Labute approximate surface area is 169 Å². The Morgan fingerprint density at radius 2 is 1.89 bits per heavy atom. The largest absolute Gasteiger partial charge is 0.301 e. The third-order valence-corrected chi connectivity index (χ3v) is 5.91. The van der Waals surface area contributed by atoms with Gasteiger partial charge in [-0.1, -0.05) is 79.0 Å². The first kappa shape index (κ1) is 18.7. The number of aromatic amines is 1. The maximum absolute atomic E-state index is 12.6. The molecule has 0 spiro atoms. The van der Waals surface area contributed by atoms with Gasteiger partial charge >= 0.3 is 0 Å². The molecule has 2 heterocycles. The highest BCUT2D eigenvalue weighted by molar-refractivity contribution is 7.98. The Kier molecular flexibility index (Phi) is 5.74. The lowest BCUT2D eigenvalue weighted by molar-refractivity contribution is 0.241. The fraction of sp³-hybridized carbons (Fsp3) is 0.217. The smallest absolute Gasteiger partial charge is 0.256 e. The number of H-pyrrole nitrogens is 1. The van der Waals surface area contributed by atoms with Crippen molar-refractivity contribution in [3.05, 3.63) is 99.5 Å². The molecule has 0 saturated heterocycles. The lowest BCUT2D eigenvalue weighted by Gasteiger charge is -2.27. The third-order valence-electron chi connectivity index (χ3n) is 4.97. The summed E-state index contributed by atoms with van der Waals surface area (Å²) in [6, 6.07) is 18.6. The van der Waals surface area contributed by atoms with Crippen molar-refractivity contribution in [2.75, 3.05) is 6.54 Å². The number of fused-ring (bicyclic) bond motifs is 1. The van der Waals surface area contributed by atoms with Crippen molar-refractivity contribution in [1.82, 2.24) is 14.9 Å². The molecule has 4 nitrogen and oxygen atoms in total. The summed E-state index contributed by atoms with van der Waals surface area (Å²) in [5.74, 6) is 0.777. The first-order valence-electron chi connectivity index (χ1n) is 9.44. The summed E-state index contributed by atoms with van der Waals surface area (Å²) < 4.78 is 0. The van der Waals surface area contributed by atoms with Crippen LogP contribution in [0.1, 0.15) is 27.9 Å². The molecule has 0 saturated carbocycles. The summed E-state index contributed by atoms with van der Waals surface area (Å²) in [6.45, 7) is 6.21. The Bertz CT molecular complexity index is 1010. The fourth-order valence-corrected chi connectivity index (χ4v) is 4.24. The van der Waals surface area contributed by atoms with Crippen LogP contribution in [0.15, 0.2) is 71.1 Å². The van der Waals surface area contributed by atoms with Crippen LogP contribution in [0, 0.1) is 0 Å². The Morgan fingerprint density at radius 3 is 2.64 bits per heavy atom. The minimum absolute atomic E-state index is 0.00716. The van der Waals surface area contributed by atoms with E-state index in [1.54, 1.807) is 11.8 Å². The molecule has 0 atom stereocenters. The molecule has 1 aromatic heterocycles. The van der Waals surface area contributed by atoms with E-state index in [9.17, 15) is 4.79 Å². The van der Waals surface area contributed by atoms with Gasteiger partial charge in [0.25, 0.3) is 5.56 Å². The third kappa shape index (κ3) is 4.43. The number of benzene rings is 2. The number of nitrogens with one attached hydrogen (secondary N) is 1. The predicted octanol–water partition coefficient (Wildman–Crippen LogP) is 4.26.